The van der Waals surface area contributed by atoms with E-state index in [0.717, 1.165) is 12.8 Å². The van der Waals surface area contributed by atoms with Crippen molar-refractivity contribution in [2.75, 3.05) is 0 Å². The van der Waals surface area contributed by atoms with E-state index in [-0.39, 0.29) is 0 Å². The number of halogens is 2. The fourth-order valence-electron chi connectivity index (χ4n) is 3.30. The summed E-state index contributed by atoms with van der Waals surface area (Å²) in [6, 6.07) is 4.46. The quantitative estimate of drug-likeness (QED) is 0.443. The highest BCUT2D eigenvalue weighted by Gasteiger charge is 2.23. The third-order valence-corrected chi connectivity index (χ3v) is 6.89. The van der Waals surface area contributed by atoms with Gasteiger partial charge in [-0.1, -0.05) is 37.9 Å². The molecule has 0 heterocycles. The molecule has 0 spiro atoms. The van der Waals surface area contributed by atoms with E-state index in [2.05, 4.69) is 71.7 Å². The maximum atomic E-state index is 3.77. The van der Waals surface area contributed by atoms with Crippen LogP contribution in [0.1, 0.15) is 44.5 Å². The van der Waals surface area contributed by atoms with Crippen LogP contribution in [-0.4, -0.2) is 0 Å². The average molecular weight is 394 g/mol. The van der Waals surface area contributed by atoms with Gasteiger partial charge < -0.3 is 0 Å². The third-order valence-electron chi connectivity index (χ3n) is 4.84. The lowest BCUT2D eigenvalue weighted by Gasteiger charge is -2.27. The van der Waals surface area contributed by atoms with Crippen molar-refractivity contribution in [2.45, 2.75) is 40.5 Å². The number of hydrogen-bond acceptors (Lipinski definition) is 0. The summed E-state index contributed by atoms with van der Waals surface area (Å²) in [5.41, 5.74) is 11.7. The van der Waals surface area contributed by atoms with Crippen molar-refractivity contribution in [3.8, 4) is 0 Å². The maximum Gasteiger partial charge on any atom is 0.0239 e. The molecule has 0 amide bonds. The molecule has 3 rings (SSSR count). The fraction of sp³-hybridized carbons (Fsp3) is 0.333. The van der Waals surface area contributed by atoms with Crippen LogP contribution in [-0.2, 0) is 12.8 Å². The van der Waals surface area contributed by atoms with E-state index in [0.29, 0.717) is 0 Å². The first-order valence-corrected chi connectivity index (χ1v) is 8.54. The van der Waals surface area contributed by atoms with E-state index >= 15 is 0 Å². The first kappa shape index (κ1) is 14.3. The smallest absolute Gasteiger partial charge is 0.0239 e. The molecule has 0 unspecified atom stereocenters. The van der Waals surface area contributed by atoms with E-state index in [4.69, 9.17) is 0 Å². The van der Waals surface area contributed by atoms with Crippen molar-refractivity contribution < 1.29 is 0 Å². The van der Waals surface area contributed by atoms with Crippen LogP contribution in [0.25, 0.3) is 0 Å². The zero-order valence-corrected chi connectivity index (χ0v) is 15.5. The second-order valence-electron chi connectivity index (χ2n) is 5.81. The van der Waals surface area contributed by atoms with E-state index in [1.54, 1.807) is 0 Å². The van der Waals surface area contributed by atoms with Gasteiger partial charge in [-0.05, 0) is 91.1 Å². The second-order valence-corrected chi connectivity index (χ2v) is 7.46. The van der Waals surface area contributed by atoms with Crippen molar-refractivity contribution in [3.05, 3.63) is 65.6 Å². The molecule has 0 bridgehead atoms. The Hall–Kier alpha value is -0.600. The van der Waals surface area contributed by atoms with Crippen LogP contribution in [0.15, 0.2) is 21.1 Å². The minimum atomic E-state index is 1.06. The molecule has 1 aliphatic rings. The molecule has 2 heteroatoms. The molecule has 104 valence electrons. The molecule has 0 aliphatic heterocycles. The standard InChI is InChI=1S/C18H18Br2/c1-9-10(2)18(20)12(4)15-7-13-5-6-17(19)11(3)14(13)8-16(9)15/h5-6H,7-8H2,1-4H3. The molecule has 0 radical (unpaired) electrons. The van der Waals surface area contributed by atoms with Crippen LogP contribution in [0.5, 0.6) is 0 Å². The fourth-order valence-corrected chi connectivity index (χ4v) is 4.21. The SMILES string of the molecule is Cc1c(C)c2c(c(C)c1Br)Cc1ccc(Br)c(C)c1C2. The third kappa shape index (κ3) is 2.00. The molecule has 0 N–H and O–H groups in total. The summed E-state index contributed by atoms with van der Waals surface area (Å²) in [6.07, 6.45) is 2.13. The summed E-state index contributed by atoms with van der Waals surface area (Å²) >= 11 is 7.43. The van der Waals surface area contributed by atoms with Gasteiger partial charge in [-0.25, -0.2) is 0 Å². The van der Waals surface area contributed by atoms with Crippen LogP contribution < -0.4 is 0 Å². The minimum absolute atomic E-state index is 1.06. The molecule has 20 heavy (non-hydrogen) atoms. The largest absolute Gasteiger partial charge is 0.0573 e. The molecule has 0 aromatic heterocycles. The Bertz CT molecular complexity index is 727. The summed E-state index contributed by atoms with van der Waals surface area (Å²) in [7, 11) is 0. The predicted octanol–water partition coefficient (Wildman–Crippen LogP) is 5.94. The Kier molecular flexibility index (Phi) is 3.58. The zero-order chi connectivity index (χ0) is 14.6. The van der Waals surface area contributed by atoms with E-state index in [1.165, 1.54) is 53.5 Å². The molecular weight excluding hydrogens is 376 g/mol. The Morgan fingerprint density at radius 3 is 2.05 bits per heavy atom. The molecule has 0 fully saturated rings. The second kappa shape index (κ2) is 4.99. The van der Waals surface area contributed by atoms with Gasteiger partial charge in [0.1, 0.15) is 0 Å². The highest BCUT2D eigenvalue weighted by Crippen LogP contribution is 2.39. The summed E-state index contributed by atoms with van der Waals surface area (Å²) in [6.45, 7) is 8.94. The topological polar surface area (TPSA) is 0 Å². The summed E-state index contributed by atoms with van der Waals surface area (Å²) in [5.74, 6) is 0. The van der Waals surface area contributed by atoms with E-state index in [9.17, 15) is 0 Å². The molecule has 0 saturated heterocycles. The highest BCUT2D eigenvalue weighted by atomic mass is 79.9. The Morgan fingerprint density at radius 2 is 1.35 bits per heavy atom. The predicted molar refractivity (Wildman–Crippen MR) is 92.8 cm³/mol. The summed E-state index contributed by atoms with van der Waals surface area (Å²) < 4.78 is 2.51. The molecule has 0 nitrogen and oxygen atoms in total. The van der Waals surface area contributed by atoms with Crippen molar-refractivity contribution >= 4 is 31.9 Å². The average Bonchev–Trinajstić information content (AvgIpc) is 2.45. The molecule has 2 aromatic rings. The Morgan fingerprint density at radius 1 is 0.700 bits per heavy atom. The normalized spacial score (nSPS) is 13.1. The molecule has 1 aliphatic carbocycles. The molecule has 0 saturated carbocycles. The summed E-state index contributed by atoms with van der Waals surface area (Å²) in [5, 5.41) is 0. The first-order chi connectivity index (χ1) is 9.41. The van der Waals surface area contributed by atoms with Gasteiger partial charge in [0.25, 0.3) is 0 Å². The van der Waals surface area contributed by atoms with Crippen molar-refractivity contribution in [1.29, 1.82) is 0 Å². The van der Waals surface area contributed by atoms with Gasteiger partial charge in [-0.3, -0.25) is 0 Å². The van der Waals surface area contributed by atoms with Crippen LogP contribution >= 0.6 is 31.9 Å². The van der Waals surface area contributed by atoms with Gasteiger partial charge >= 0.3 is 0 Å². The minimum Gasteiger partial charge on any atom is -0.0573 e. The molecule has 0 atom stereocenters. The van der Waals surface area contributed by atoms with Crippen molar-refractivity contribution in [2.24, 2.45) is 0 Å². The van der Waals surface area contributed by atoms with Crippen LogP contribution in [0.2, 0.25) is 0 Å². The number of fused-ring (bicyclic) bond motifs is 2. The van der Waals surface area contributed by atoms with Crippen LogP contribution in [0.4, 0.5) is 0 Å². The Balaban J connectivity index is 2.26. The van der Waals surface area contributed by atoms with Gasteiger partial charge in [-0.15, -0.1) is 0 Å². The zero-order valence-electron chi connectivity index (χ0n) is 12.3. The lowest BCUT2D eigenvalue weighted by Crippen LogP contribution is -2.14. The number of benzene rings is 2. The maximum absolute atomic E-state index is 3.77. The van der Waals surface area contributed by atoms with Gasteiger partial charge in [0.2, 0.25) is 0 Å². The van der Waals surface area contributed by atoms with Gasteiger partial charge in [0, 0.05) is 8.95 Å². The monoisotopic (exact) mass is 392 g/mol. The van der Waals surface area contributed by atoms with Gasteiger partial charge in [-0.2, -0.15) is 0 Å². The van der Waals surface area contributed by atoms with Gasteiger partial charge in [0.15, 0.2) is 0 Å². The number of hydrogen-bond donors (Lipinski definition) is 0. The first-order valence-electron chi connectivity index (χ1n) is 6.95. The van der Waals surface area contributed by atoms with Crippen LogP contribution in [0.3, 0.4) is 0 Å². The number of rotatable bonds is 0. The van der Waals surface area contributed by atoms with Gasteiger partial charge in [0.05, 0.1) is 0 Å². The molecular formula is C18H18Br2. The van der Waals surface area contributed by atoms with Crippen LogP contribution in [0, 0.1) is 27.7 Å². The highest BCUT2D eigenvalue weighted by molar-refractivity contribution is 9.10. The lowest BCUT2D eigenvalue weighted by molar-refractivity contribution is 0.946. The van der Waals surface area contributed by atoms with Crippen molar-refractivity contribution in [3.63, 3.8) is 0 Å². The van der Waals surface area contributed by atoms with E-state index < -0.39 is 0 Å². The van der Waals surface area contributed by atoms with Crippen molar-refractivity contribution in [1.82, 2.24) is 0 Å². The Labute approximate surface area is 137 Å². The summed E-state index contributed by atoms with van der Waals surface area (Å²) in [4.78, 5) is 0. The molecule has 2 aromatic carbocycles. The lowest BCUT2D eigenvalue weighted by atomic mass is 9.79. The van der Waals surface area contributed by atoms with E-state index in [1.807, 2.05) is 0 Å².